The minimum atomic E-state index is -1.20. The molecule has 126 valence electrons. The van der Waals surface area contributed by atoms with Gasteiger partial charge in [-0.05, 0) is 43.7 Å². The van der Waals surface area contributed by atoms with E-state index in [0.29, 0.717) is 11.3 Å². The van der Waals surface area contributed by atoms with E-state index >= 15 is 0 Å². The Kier molecular flexibility index (Phi) is 4.97. The van der Waals surface area contributed by atoms with Crippen LogP contribution in [0.5, 0.6) is 0 Å². The number of hydrogen-bond donors (Lipinski definition) is 1. The van der Waals surface area contributed by atoms with Gasteiger partial charge in [-0.25, -0.2) is 8.78 Å². The van der Waals surface area contributed by atoms with Gasteiger partial charge in [-0.1, -0.05) is 18.2 Å². The second-order valence-corrected chi connectivity index (χ2v) is 5.75. The predicted molar refractivity (Wildman–Crippen MR) is 85.8 cm³/mol. The Hall–Kier alpha value is -2.76. The molecule has 0 aliphatic heterocycles. The van der Waals surface area contributed by atoms with E-state index in [1.807, 2.05) is 0 Å². The lowest BCUT2D eigenvalue weighted by molar-refractivity contribution is -0.146. The minimum Gasteiger partial charge on any atom is -0.468 e. The van der Waals surface area contributed by atoms with Crippen LogP contribution in [0, 0.1) is 11.6 Å². The number of carbonyl (C=O) groups excluding carboxylic acids is 2. The molecule has 6 heteroatoms. The van der Waals surface area contributed by atoms with Gasteiger partial charge in [0, 0.05) is 5.69 Å². The standard InChI is InChI=1S/C18H17F2NO3/c1-18(2,17(23)24-3)11-7-9-12(10-8-11)21-16(22)13-5-4-6-14(19)15(13)20/h4-10H,1-3H3,(H,21,22). The van der Waals surface area contributed by atoms with Crippen LogP contribution >= 0.6 is 0 Å². The van der Waals surface area contributed by atoms with Gasteiger partial charge in [0.25, 0.3) is 5.91 Å². The molecule has 0 atom stereocenters. The molecule has 0 spiro atoms. The van der Waals surface area contributed by atoms with Gasteiger partial charge in [0.15, 0.2) is 11.6 Å². The van der Waals surface area contributed by atoms with Gasteiger partial charge >= 0.3 is 5.97 Å². The summed E-state index contributed by atoms with van der Waals surface area (Å²) in [6, 6.07) is 9.88. The van der Waals surface area contributed by atoms with E-state index in [1.54, 1.807) is 38.1 Å². The van der Waals surface area contributed by atoms with Gasteiger partial charge in [0.2, 0.25) is 0 Å². The fourth-order valence-corrected chi connectivity index (χ4v) is 2.22. The van der Waals surface area contributed by atoms with Gasteiger partial charge in [0.1, 0.15) is 0 Å². The first kappa shape index (κ1) is 17.6. The quantitative estimate of drug-likeness (QED) is 0.869. The van der Waals surface area contributed by atoms with E-state index in [0.717, 1.165) is 6.07 Å². The number of hydrogen-bond acceptors (Lipinski definition) is 3. The Labute approximate surface area is 138 Å². The third-order valence-electron chi connectivity index (χ3n) is 3.76. The van der Waals surface area contributed by atoms with E-state index in [9.17, 15) is 18.4 Å². The molecule has 0 bridgehead atoms. The average molecular weight is 333 g/mol. The van der Waals surface area contributed by atoms with Crippen LogP contribution in [0.15, 0.2) is 42.5 Å². The van der Waals surface area contributed by atoms with Gasteiger partial charge in [-0.3, -0.25) is 9.59 Å². The monoisotopic (exact) mass is 333 g/mol. The second kappa shape index (κ2) is 6.78. The highest BCUT2D eigenvalue weighted by atomic mass is 19.2. The number of benzene rings is 2. The van der Waals surface area contributed by atoms with Crippen LogP contribution in [0.4, 0.5) is 14.5 Å². The van der Waals surface area contributed by atoms with Gasteiger partial charge < -0.3 is 10.1 Å². The third kappa shape index (κ3) is 3.42. The lowest BCUT2D eigenvalue weighted by atomic mass is 9.85. The summed E-state index contributed by atoms with van der Waals surface area (Å²) in [5.41, 5.74) is -0.127. The summed E-state index contributed by atoms with van der Waals surface area (Å²) in [7, 11) is 1.31. The summed E-state index contributed by atoms with van der Waals surface area (Å²) in [6.45, 7) is 3.43. The van der Waals surface area contributed by atoms with Crippen molar-refractivity contribution in [1.29, 1.82) is 0 Å². The van der Waals surface area contributed by atoms with Crippen LogP contribution in [0.1, 0.15) is 29.8 Å². The van der Waals surface area contributed by atoms with E-state index in [1.165, 1.54) is 19.2 Å². The molecule has 0 aliphatic carbocycles. The van der Waals surface area contributed by atoms with Crippen molar-refractivity contribution >= 4 is 17.6 Å². The van der Waals surface area contributed by atoms with Crippen molar-refractivity contribution in [2.45, 2.75) is 19.3 Å². The van der Waals surface area contributed by atoms with E-state index in [4.69, 9.17) is 4.74 Å². The summed E-state index contributed by atoms with van der Waals surface area (Å²) < 4.78 is 31.5. The molecule has 4 nitrogen and oxygen atoms in total. The minimum absolute atomic E-state index is 0.381. The normalized spacial score (nSPS) is 11.0. The number of halogens is 2. The first-order valence-corrected chi connectivity index (χ1v) is 7.21. The van der Waals surface area contributed by atoms with Crippen LogP contribution in [-0.4, -0.2) is 19.0 Å². The maximum Gasteiger partial charge on any atom is 0.315 e. The van der Waals surface area contributed by atoms with Crippen molar-refractivity contribution in [2.24, 2.45) is 0 Å². The summed E-state index contributed by atoms with van der Waals surface area (Å²) in [5.74, 6) is -3.43. The van der Waals surface area contributed by atoms with Crippen LogP contribution < -0.4 is 5.32 Å². The average Bonchev–Trinajstić information content (AvgIpc) is 2.56. The molecule has 2 aromatic carbocycles. The molecule has 0 saturated carbocycles. The lowest BCUT2D eigenvalue weighted by Gasteiger charge is -2.22. The Balaban J connectivity index is 2.19. The first-order valence-electron chi connectivity index (χ1n) is 7.21. The Morgan fingerprint density at radius 2 is 1.67 bits per heavy atom. The summed E-state index contributed by atoms with van der Waals surface area (Å²) in [4.78, 5) is 23.8. The topological polar surface area (TPSA) is 55.4 Å². The number of amides is 1. The summed E-state index contributed by atoms with van der Waals surface area (Å²) in [5, 5.41) is 2.49. The van der Waals surface area contributed by atoms with Gasteiger partial charge in [-0.15, -0.1) is 0 Å². The molecule has 1 amide bonds. The highest BCUT2D eigenvalue weighted by Gasteiger charge is 2.30. The number of esters is 1. The van der Waals surface area contributed by atoms with Crippen molar-refractivity contribution in [3.63, 3.8) is 0 Å². The van der Waals surface area contributed by atoms with Crippen LogP contribution in [-0.2, 0) is 14.9 Å². The van der Waals surface area contributed by atoms with E-state index in [-0.39, 0.29) is 11.5 Å². The highest BCUT2D eigenvalue weighted by Crippen LogP contribution is 2.26. The number of ether oxygens (including phenoxy) is 1. The number of rotatable bonds is 4. The zero-order valence-corrected chi connectivity index (χ0v) is 13.5. The molecule has 0 saturated heterocycles. The molecule has 24 heavy (non-hydrogen) atoms. The van der Waals surface area contributed by atoms with Crippen molar-refractivity contribution < 1.29 is 23.1 Å². The van der Waals surface area contributed by atoms with E-state index in [2.05, 4.69) is 5.32 Å². The molecular weight excluding hydrogens is 316 g/mol. The molecule has 0 heterocycles. The van der Waals surface area contributed by atoms with Crippen molar-refractivity contribution in [1.82, 2.24) is 0 Å². The zero-order chi connectivity index (χ0) is 17.9. The van der Waals surface area contributed by atoms with Crippen LogP contribution in [0.3, 0.4) is 0 Å². The summed E-state index contributed by atoms with van der Waals surface area (Å²) >= 11 is 0. The fraction of sp³-hybridized carbons (Fsp3) is 0.222. The molecule has 0 aliphatic rings. The fourth-order valence-electron chi connectivity index (χ4n) is 2.22. The lowest BCUT2D eigenvalue weighted by Crippen LogP contribution is -2.30. The maximum absolute atomic E-state index is 13.6. The molecule has 0 radical (unpaired) electrons. The van der Waals surface area contributed by atoms with Crippen LogP contribution in [0.25, 0.3) is 0 Å². The molecule has 0 unspecified atom stereocenters. The Morgan fingerprint density at radius 3 is 2.25 bits per heavy atom. The highest BCUT2D eigenvalue weighted by molar-refractivity contribution is 6.04. The second-order valence-electron chi connectivity index (χ2n) is 5.75. The molecule has 1 N–H and O–H groups in total. The van der Waals surface area contributed by atoms with Crippen molar-refractivity contribution in [3.05, 3.63) is 65.2 Å². The Morgan fingerprint density at radius 1 is 1.04 bits per heavy atom. The first-order chi connectivity index (χ1) is 11.3. The van der Waals surface area contributed by atoms with Crippen LogP contribution in [0.2, 0.25) is 0 Å². The Bertz CT molecular complexity index is 770. The molecule has 2 aromatic rings. The van der Waals surface area contributed by atoms with Gasteiger partial charge in [-0.2, -0.15) is 0 Å². The van der Waals surface area contributed by atoms with E-state index < -0.39 is 23.0 Å². The smallest absolute Gasteiger partial charge is 0.315 e. The summed E-state index contributed by atoms with van der Waals surface area (Å²) in [6.07, 6.45) is 0. The molecule has 2 rings (SSSR count). The number of carbonyl (C=O) groups is 2. The molecule has 0 fully saturated rings. The predicted octanol–water partition coefficient (Wildman–Crippen LogP) is 3.67. The molecule has 0 aromatic heterocycles. The maximum atomic E-state index is 13.6. The van der Waals surface area contributed by atoms with Crippen molar-refractivity contribution in [2.75, 3.05) is 12.4 Å². The largest absolute Gasteiger partial charge is 0.468 e. The zero-order valence-electron chi connectivity index (χ0n) is 13.5. The number of nitrogens with one attached hydrogen (secondary N) is 1. The third-order valence-corrected chi connectivity index (χ3v) is 3.76. The van der Waals surface area contributed by atoms with Gasteiger partial charge in [0.05, 0.1) is 18.1 Å². The SMILES string of the molecule is COC(=O)C(C)(C)c1ccc(NC(=O)c2cccc(F)c2F)cc1. The number of anilines is 1. The molecular formula is C18H17F2NO3. The van der Waals surface area contributed by atoms with Crippen molar-refractivity contribution in [3.8, 4) is 0 Å². The number of methoxy groups -OCH3 is 1.